The van der Waals surface area contributed by atoms with E-state index in [0.717, 1.165) is 13.1 Å². The van der Waals surface area contributed by atoms with E-state index >= 15 is 0 Å². The number of benzene rings is 2. The Balaban J connectivity index is 1.61. The SMILES string of the molecule is c1ccc2cc(C(CN3CCNCC3)N3CCCC3)ccc2c1. The molecule has 1 atom stereocenters. The van der Waals surface area contributed by atoms with Crippen LogP contribution in [0.25, 0.3) is 10.8 Å². The lowest BCUT2D eigenvalue weighted by molar-refractivity contribution is 0.150. The molecule has 0 saturated carbocycles. The van der Waals surface area contributed by atoms with Gasteiger partial charge in [-0.1, -0.05) is 36.4 Å². The van der Waals surface area contributed by atoms with E-state index in [9.17, 15) is 0 Å². The van der Waals surface area contributed by atoms with E-state index in [-0.39, 0.29) is 0 Å². The van der Waals surface area contributed by atoms with Gasteiger partial charge in [-0.15, -0.1) is 0 Å². The molecule has 1 unspecified atom stereocenters. The van der Waals surface area contributed by atoms with Crippen molar-refractivity contribution in [2.24, 2.45) is 0 Å². The van der Waals surface area contributed by atoms with Crippen molar-refractivity contribution in [2.45, 2.75) is 18.9 Å². The summed E-state index contributed by atoms with van der Waals surface area (Å²) in [4.78, 5) is 5.33. The molecule has 2 fully saturated rings. The van der Waals surface area contributed by atoms with Gasteiger partial charge in [0.25, 0.3) is 0 Å². The van der Waals surface area contributed by atoms with Gasteiger partial charge in [-0.3, -0.25) is 9.80 Å². The van der Waals surface area contributed by atoms with E-state index in [0.29, 0.717) is 6.04 Å². The van der Waals surface area contributed by atoms with E-state index in [1.54, 1.807) is 0 Å². The Labute approximate surface area is 139 Å². The molecule has 1 N–H and O–H groups in total. The smallest absolute Gasteiger partial charge is 0.0475 e. The molecule has 23 heavy (non-hydrogen) atoms. The summed E-state index contributed by atoms with van der Waals surface area (Å²) >= 11 is 0. The molecule has 0 amide bonds. The zero-order chi connectivity index (χ0) is 15.5. The maximum atomic E-state index is 3.47. The number of hydrogen-bond acceptors (Lipinski definition) is 3. The van der Waals surface area contributed by atoms with Crippen LogP contribution in [0.1, 0.15) is 24.4 Å². The first-order chi connectivity index (χ1) is 11.4. The number of rotatable bonds is 4. The monoisotopic (exact) mass is 309 g/mol. The van der Waals surface area contributed by atoms with Crippen molar-refractivity contribution in [1.82, 2.24) is 15.1 Å². The summed E-state index contributed by atoms with van der Waals surface area (Å²) in [5.41, 5.74) is 1.49. The summed E-state index contributed by atoms with van der Waals surface area (Å²) in [6, 6.07) is 16.3. The van der Waals surface area contributed by atoms with Gasteiger partial charge in [0.2, 0.25) is 0 Å². The molecule has 0 bridgehead atoms. The number of nitrogens with zero attached hydrogens (tertiary/aromatic N) is 2. The molecule has 4 rings (SSSR count). The molecule has 2 aliphatic rings. The maximum absolute atomic E-state index is 3.47. The van der Waals surface area contributed by atoms with Crippen molar-refractivity contribution in [1.29, 1.82) is 0 Å². The molecule has 2 aliphatic heterocycles. The van der Waals surface area contributed by atoms with Gasteiger partial charge >= 0.3 is 0 Å². The summed E-state index contributed by atoms with van der Waals surface area (Å²) in [6.07, 6.45) is 2.71. The van der Waals surface area contributed by atoms with Crippen molar-refractivity contribution in [3.05, 3.63) is 48.0 Å². The highest BCUT2D eigenvalue weighted by atomic mass is 15.2. The average Bonchev–Trinajstić information content (AvgIpc) is 3.14. The third kappa shape index (κ3) is 3.42. The quantitative estimate of drug-likeness (QED) is 0.937. The van der Waals surface area contributed by atoms with E-state index in [1.807, 2.05) is 0 Å². The van der Waals surface area contributed by atoms with Crippen molar-refractivity contribution in [3.8, 4) is 0 Å². The predicted molar refractivity (Wildman–Crippen MR) is 96.8 cm³/mol. The number of likely N-dealkylation sites (tertiary alicyclic amines) is 1. The second kappa shape index (κ2) is 7.00. The van der Waals surface area contributed by atoms with Gasteiger partial charge in [0.05, 0.1) is 0 Å². The van der Waals surface area contributed by atoms with Gasteiger partial charge in [0, 0.05) is 38.8 Å². The van der Waals surface area contributed by atoms with Crippen molar-refractivity contribution in [3.63, 3.8) is 0 Å². The first-order valence-electron chi connectivity index (χ1n) is 9.06. The van der Waals surface area contributed by atoms with Crippen molar-refractivity contribution in [2.75, 3.05) is 45.8 Å². The van der Waals surface area contributed by atoms with Crippen LogP contribution in [0.3, 0.4) is 0 Å². The molecule has 2 heterocycles. The van der Waals surface area contributed by atoms with Crippen LogP contribution >= 0.6 is 0 Å². The fourth-order valence-corrected chi connectivity index (χ4v) is 4.04. The topological polar surface area (TPSA) is 18.5 Å². The molecule has 0 spiro atoms. The summed E-state index contributed by atoms with van der Waals surface area (Å²) in [5.74, 6) is 0. The second-order valence-electron chi connectivity index (χ2n) is 6.92. The standard InChI is InChI=1S/C20H27N3/c1-2-6-18-15-19(8-7-17(18)5-1)20(23-11-3-4-12-23)16-22-13-9-21-10-14-22/h1-2,5-8,15,20-21H,3-4,9-14,16H2. The largest absolute Gasteiger partial charge is 0.314 e. The lowest BCUT2D eigenvalue weighted by Gasteiger charge is -2.35. The predicted octanol–water partition coefficient (Wildman–Crippen LogP) is 2.88. The Morgan fingerprint density at radius 3 is 2.39 bits per heavy atom. The molecule has 2 saturated heterocycles. The highest BCUT2D eigenvalue weighted by Crippen LogP contribution is 2.28. The van der Waals surface area contributed by atoms with Crippen molar-refractivity contribution >= 4 is 10.8 Å². The molecule has 0 aromatic heterocycles. The minimum absolute atomic E-state index is 0.542. The fraction of sp³-hybridized carbons (Fsp3) is 0.500. The normalized spacial score (nSPS) is 21.7. The Morgan fingerprint density at radius 2 is 1.61 bits per heavy atom. The summed E-state index contributed by atoms with van der Waals surface area (Å²) in [5, 5.41) is 6.18. The fourth-order valence-electron chi connectivity index (χ4n) is 4.04. The Hall–Kier alpha value is -1.42. The van der Waals surface area contributed by atoms with Crippen LogP contribution in [0.15, 0.2) is 42.5 Å². The molecule has 122 valence electrons. The summed E-state index contributed by atoms with van der Waals surface area (Å²) in [7, 11) is 0. The van der Waals surface area contributed by atoms with Crippen LogP contribution in [0.5, 0.6) is 0 Å². The van der Waals surface area contributed by atoms with E-state index in [1.165, 1.54) is 61.9 Å². The van der Waals surface area contributed by atoms with Gasteiger partial charge in [-0.25, -0.2) is 0 Å². The third-order valence-electron chi connectivity index (χ3n) is 5.38. The number of hydrogen-bond donors (Lipinski definition) is 1. The Bertz CT molecular complexity index is 642. The molecule has 3 heteroatoms. The second-order valence-corrected chi connectivity index (χ2v) is 6.92. The minimum atomic E-state index is 0.542. The van der Waals surface area contributed by atoms with Gasteiger partial charge < -0.3 is 5.32 Å². The van der Waals surface area contributed by atoms with Crippen LogP contribution in [0.4, 0.5) is 0 Å². The van der Waals surface area contributed by atoms with E-state index in [2.05, 4.69) is 57.6 Å². The van der Waals surface area contributed by atoms with Crippen molar-refractivity contribution < 1.29 is 0 Å². The summed E-state index contributed by atoms with van der Waals surface area (Å²) < 4.78 is 0. The van der Waals surface area contributed by atoms with Gasteiger partial charge in [-0.2, -0.15) is 0 Å². The third-order valence-corrected chi connectivity index (χ3v) is 5.38. The lowest BCUT2D eigenvalue weighted by Crippen LogP contribution is -2.47. The zero-order valence-electron chi connectivity index (χ0n) is 13.9. The van der Waals surface area contributed by atoms with E-state index < -0.39 is 0 Å². The van der Waals surface area contributed by atoms with Crippen LogP contribution in [-0.2, 0) is 0 Å². The van der Waals surface area contributed by atoms with E-state index in [4.69, 9.17) is 0 Å². The molecule has 0 aliphatic carbocycles. The molecular weight excluding hydrogens is 282 g/mol. The van der Waals surface area contributed by atoms with Crippen LogP contribution in [-0.4, -0.2) is 55.6 Å². The Kier molecular flexibility index (Phi) is 4.60. The molecule has 2 aromatic rings. The molecule has 3 nitrogen and oxygen atoms in total. The average molecular weight is 309 g/mol. The highest BCUT2D eigenvalue weighted by Gasteiger charge is 2.26. The highest BCUT2D eigenvalue weighted by molar-refractivity contribution is 5.83. The van der Waals surface area contributed by atoms with Gasteiger partial charge in [-0.05, 0) is 48.3 Å². The van der Waals surface area contributed by atoms with Crippen LogP contribution in [0.2, 0.25) is 0 Å². The first kappa shape index (κ1) is 15.1. The number of nitrogens with one attached hydrogen (secondary N) is 1. The molecular formula is C20H27N3. The lowest BCUT2D eigenvalue weighted by atomic mass is 10.00. The van der Waals surface area contributed by atoms with Gasteiger partial charge in [0.1, 0.15) is 0 Å². The van der Waals surface area contributed by atoms with Crippen LogP contribution < -0.4 is 5.32 Å². The first-order valence-corrected chi connectivity index (χ1v) is 9.06. The Morgan fingerprint density at radius 1 is 0.870 bits per heavy atom. The number of fused-ring (bicyclic) bond motifs is 1. The molecule has 2 aromatic carbocycles. The number of piperazine rings is 1. The molecule has 0 radical (unpaired) electrons. The van der Waals surface area contributed by atoms with Crippen LogP contribution in [0, 0.1) is 0 Å². The maximum Gasteiger partial charge on any atom is 0.0475 e. The van der Waals surface area contributed by atoms with Gasteiger partial charge in [0.15, 0.2) is 0 Å². The minimum Gasteiger partial charge on any atom is -0.314 e. The zero-order valence-corrected chi connectivity index (χ0v) is 13.9. The summed E-state index contributed by atoms with van der Waals surface area (Å²) in [6.45, 7) is 8.29.